The molecule has 0 radical (unpaired) electrons. The Morgan fingerprint density at radius 3 is 2.03 bits per heavy atom. The average Bonchev–Trinajstić information content (AvgIpc) is 2.84. The predicted octanol–water partition coefficient (Wildman–Crippen LogP) is 5.75. The number of pyridine rings is 1. The van der Waals surface area contributed by atoms with Crippen molar-refractivity contribution in [2.75, 3.05) is 19.5 Å². The molecule has 0 fully saturated rings. The fourth-order valence-electron chi connectivity index (χ4n) is 3.46. The van der Waals surface area contributed by atoms with Crippen LogP contribution in [0.1, 0.15) is 5.56 Å². The molecule has 32 heavy (non-hydrogen) atoms. The van der Waals surface area contributed by atoms with Gasteiger partial charge in [0.15, 0.2) is 11.5 Å². The largest absolute Gasteiger partial charge is 0.502 e. The minimum atomic E-state index is -0.0456. The Kier molecular flexibility index (Phi) is 5.91. The molecule has 0 unspecified atom stereocenters. The van der Waals surface area contributed by atoms with Crippen molar-refractivity contribution in [2.45, 2.75) is 0 Å². The molecule has 0 aliphatic heterocycles. The van der Waals surface area contributed by atoms with E-state index in [1.807, 2.05) is 42.5 Å². The quantitative estimate of drug-likeness (QED) is 0.410. The molecule has 158 valence electrons. The number of benzene rings is 3. The molecule has 0 spiro atoms. The number of aromatic hydroxyl groups is 1. The van der Waals surface area contributed by atoms with E-state index < -0.39 is 0 Å². The second-order valence-corrected chi connectivity index (χ2v) is 7.09. The van der Waals surface area contributed by atoms with Gasteiger partial charge in [-0.25, -0.2) is 0 Å². The van der Waals surface area contributed by atoms with Gasteiger partial charge in [0.25, 0.3) is 0 Å². The molecule has 4 aromatic rings. The first-order chi connectivity index (χ1) is 15.6. The summed E-state index contributed by atoms with van der Waals surface area (Å²) in [7, 11) is 3.00. The van der Waals surface area contributed by atoms with E-state index in [9.17, 15) is 10.4 Å². The third-order valence-electron chi connectivity index (χ3n) is 5.01. The summed E-state index contributed by atoms with van der Waals surface area (Å²) in [5, 5.41) is 22.8. The molecule has 1 aromatic heterocycles. The molecule has 0 atom stereocenters. The number of nitrogens with zero attached hydrogens (tertiary/aromatic N) is 2. The van der Waals surface area contributed by atoms with E-state index in [1.54, 1.807) is 24.4 Å². The Labute approximate surface area is 186 Å². The first-order valence-corrected chi connectivity index (χ1v) is 9.89. The molecule has 6 nitrogen and oxygen atoms in total. The number of anilines is 2. The van der Waals surface area contributed by atoms with Gasteiger partial charge in [0.05, 0.1) is 31.7 Å². The second kappa shape index (κ2) is 9.11. The zero-order valence-electron chi connectivity index (χ0n) is 17.7. The van der Waals surface area contributed by atoms with Crippen molar-refractivity contribution >= 4 is 11.4 Å². The minimum absolute atomic E-state index is 0.0456. The van der Waals surface area contributed by atoms with Crippen LogP contribution >= 0.6 is 0 Å². The van der Waals surface area contributed by atoms with Crippen molar-refractivity contribution in [1.29, 1.82) is 5.26 Å². The van der Waals surface area contributed by atoms with Crippen molar-refractivity contribution in [1.82, 2.24) is 4.98 Å². The van der Waals surface area contributed by atoms with Gasteiger partial charge in [-0.05, 0) is 58.7 Å². The molecule has 0 amide bonds. The van der Waals surface area contributed by atoms with Crippen molar-refractivity contribution in [3.8, 4) is 45.6 Å². The lowest BCUT2D eigenvalue weighted by Crippen LogP contribution is -1.95. The van der Waals surface area contributed by atoms with Crippen LogP contribution in [0.25, 0.3) is 22.3 Å². The van der Waals surface area contributed by atoms with Gasteiger partial charge in [0, 0.05) is 11.9 Å². The Balaban J connectivity index is 1.85. The Bertz CT molecular complexity index is 1270. The highest BCUT2D eigenvalue weighted by molar-refractivity contribution is 5.81. The topological polar surface area (TPSA) is 87.4 Å². The van der Waals surface area contributed by atoms with Crippen LogP contribution in [-0.2, 0) is 0 Å². The predicted molar refractivity (Wildman–Crippen MR) is 124 cm³/mol. The number of hydrogen-bond donors (Lipinski definition) is 2. The Hall–Kier alpha value is -4.50. The van der Waals surface area contributed by atoms with E-state index >= 15 is 0 Å². The fourth-order valence-corrected chi connectivity index (χ4v) is 3.46. The van der Waals surface area contributed by atoms with Crippen LogP contribution in [0.3, 0.4) is 0 Å². The fraction of sp³-hybridized carbons (Fsp3) is 0.0769. The zero-order valence-corrected chi connectivity index (χ0v) is 17.7. The Morgan fingerprint density at radius 1 is 0.781 bits per heavy atom. The van der Waals surface area contributed by atoms with Gasteiger partial charge >= 0.3 is 0 Å². The van der Waals surface area contributed by atoms with Gasteiger partial charge in [0.1, 0.15) is 6.07 Å². The van der Waals surface area contributed by atoms with Gasteiger partial charge in [-0.1, -0.05) is 30.3 Å². The minimum Gasteiger partial charge on any atom is -0.502 e. The van der Waals surface area contributed by atoms with Crippen molar-refractivity contribution in [3.63, 3.8) is 0 Å². The number of nitriles is 1. The average molecular weight is 423 g/mol. The third-order valence-corrected chi connectivity index (χ3v) is 5.01. The summed E-state index contributed by atoms with van der Waals surface area (Å²) >= 11 is 0. The maximum absolute atomic E-state index is 10.3. The van der Waals surface area contributed by atoms with E-state index in [0.29, 0.717) is 22.7 Å². The summed E-state index contributed by atoms with van der Waals surface area (Å²) in [6.45, 7) is 0. The number of ether oxygens (including phenoxy) is 2. The molecule has 0 saturated heterocycles. The first-order valence-electron chi connectivity index (χ1n) is 9.89. The number of methoxy groups -OCH3 is 2. The number of phenols is 1. The SMILES string of the molecule is COc1cc(-c2cc(Nc3cncc(C#N)c3)cc(-c3ccccc3)c2)cc(OC)c1O. The lowest BCUT2D eigenvalue weighted by molar-refractivity contribution is 0.340. The van der Waals surface area contributed by atoms with E-state index in [1.165, 1.54) is 20.4 Å². The molecule has 6 heteroatoms. The first kappa shape index (κ1) is 20.8. The molecule has 2 N–H and O–H groups in total. The van der Waals surface area contributed by atoms with Gasteiger partial charge < -0.3 is 19.9 Å². The summed E-state index contributed by atoms with van der Waals surface area (Å²) in [6.07, 6.45) is 3.19. The van der Waals surface area contributed by atoms with E-state index in [4.69, 9.17) is 9.47 Å². The van der Waals surface area contributed by atoms with Crippen molar-refractivity contribution in [3.05, 3.63) is 84.7 Å². The van der Waals surface area contributed by atoms with Crippen LogP contribution < -0.4 is 14.8 Å². The van der Waals surface area contributed by atoms with Crippen molar-refractivity contribution < 1.29 is 14.6 Å². The van der Waals surface area contributed by atoms with E-state index in [-0.39, 0.29) is 5.75 Å². The van der Waals surface area contributed by atoms with Crippen LogP contribution in [0.2, 0.25) is 0 Å². The van der Waals surface area contributed by atoms with E-state index in [0.717, 1.165) is 27.9 Å². The van der Waals surface area contributed by atoms with Crippen LogP contribution in [-0.4, -0.2) is 24.3 Å². The molecule has 1 heterocycles. The lowest BCUT2D eigenvalue weighted by atomic mass is 9.97. The molecule has 4 rings (SSSR count). The lowest BCUT2D eigenvalue weighted by Gasteiger charge is -2.15. The highest BCUT2D eigenvalue weighted by atomic mass is 16.5. The maximum atomic E-state index is 10.3. The standard InChI is InChI=1S/C26H21N3O3/c1-31-24-12-21(13-25(32-2)26(24)30)20-9-19(18-6-4-3-5-7-18)10-22(11-20)29-23-8-17(14-27)15-28-16-23/h3-13,15-16,29-30H,1-2H3. The zero-order chi connectivity index (χ0) is 22.5. The molecular formula is C26H21N3O3. The summed E-state index contributed by atoms with van der Waals surface area (Å²) in [4.78, 5) is 4.12. The number of rotatable bonds is 6. The normalized spacial score (nSPS) is 10.3. The second-order valence-electron chi connectivity index (χ2n) is 7.09. The highest BCUT2D eigenvalue weighted by Gasteiger charge is 2.14. The van der Waals surface area contributed by atoms with Crippen molar-refractivity contribution in [2.24, 2.45) is 0 Å². The van der Waals surface area contributed by atoms with Crippen LogP contribution in [0, 0.1) is 11.3 Å². The molecular weight excluding hydrogens is 402 g/mol. The summed E-state index contributed by atoms with van der Waals surface area (Å²) in [5.41, 5.74) is 5.78. The number of nitrogens with one attached hydrogen (secondary N) is 1. The van der Waals surface area contributed by atoms with Crippen LogP contribution in [0.15, 0.2) is 79.1 Å². The van der Waals surface area contributed by atoms with Gasteiger partial charge in [-0.15, -0.1) is 0 Å². The van der Waals surface area contributed by atoms with Gasteiger partial charge in [0.2, 0.25) is 5.75 Å². The number of phenolic OH excluding ortho intramolecular Hbond substituents is 1. The number of aromatic nitrogens is 1. The molecule has 0 aliphatic rings. The third kappa shape index (κ3) is 4.32. The monoisotopic (exact) mass is 423 g/mol. The van der Waals surface area contributed by atoms with Gasteiger partial charge in [-0.2, -0.15) is 5.26 Å². The highest BCUT2D eigenvalue weighted by Crippen LogP contribution is 2.41. The number of hydrogen-bond acceptors (Lipinski definition) is 6. The summed E-state index contributed by atoms with van der Waals surface area (Å²) in [6, 6.07) is 23.5. The summed E-state index contributed by atoms with van der Waals surface area (Å²) < 4.78 is 10.7. The molecule has 0 bridgehead atoms. The van der Waals surface area contributed by atoms with Crippen LogP contribution in [0.4, 0.5) is 11.4 Å². The van der Waals surface area contributed by atoms with Gasteiger partial charge in [-0.3, -0.25) is 4.98 Å². The molecule has 0 aliphatic carbocycles. The maximum Gasteiger partial charge on any atom is 0.200 e. The Morgan fingerprint density at radius 2 is 1.41 bits per heavy atom. The van der Waals surface area contributed by atoms with Crippen LogP contribution in [0.5, 0.6) is 17.2 Å². The smallest absolute Gasteiger partial charge is 0.200 e. The molecule has 3 aromatic carbocycles. The summed E-state index contributed by atoms with van der Waals surface area (Å²) in [5.74, 6) is 0.602. The molecule has 0 saturated carbocycles. The van der Waals surface area contributed by atoms with E-state index in [2.05, 4.69) is 22.4 Å².